The molecule has 1 aliphatic rings. The third-order valence-corrected chi connectivity index (χ3v) is 12.0. The zero-order valence-corrected chi connectivity index (χ0v) is 31.7. The van der Waals surface area contributed by atoms with Gasteiger partial charge in [-0.1, -0.05) is 129 Å². The molecule has 2 amide bonds. The van der Waals surface area contributed by atoms with Crippen LogP contribution in [-0.4, -0.2) is 76.3 Å². The number of benzene rings is 4. The molecule has 0 unspecified atom stereocenters. The second kappa shape index (κ2) is 18.6. The molecule has 1 heterocycles. The van der Waals surface area contributed by atoms with E-state index in [1.807, 2.05) is 62.6 Å². The van der Waals surface area contributed by atoms with Crippen LogP contribution in [0.1, 0.15) is 48.1 Å². The summed E-state index contributed by atoms with van der Waals surface area (Å²) in [6, 6.07) is 36.5. The second-order valence-corrected chi connectivity index (χ2v) is 15.8. The molecule has 0 saturated carbocycles. The summed E-state index contributed by atoms with van der Waals surface area (Å²) >= 11 is 3.30. The lowest BCUT2D eigenvalue weighted by atomic mass is 9.84. The quantitative estimate of drug-likeness (QED) is 0.0984. The minimum absolute atomic E-state index is 0.0985. The highest BCUT2D eigenvalue weighted by Crippen LogP contribution is 2.48. The molecule has 0 saturated heterocycles. The van der Waals surface area contributed by atoms with E-state index in [0.29, 0.717) is 30.9 Å². The molecular weight excluding hydrogens is 689 g/mol. The summed E-state index contributed by atoms with van der Waals surface area (Å²) in [7, 11) is 0. The zero-order valence-electron chi connectivity index (χ0n) is 30.1. The van der Waals surface area contributed by atoms with Gasteiger partial charge < -0.3 is 26.4 Å². The molecular formula is C42H50N4O4S2. The smallest absolute Gasteiger partial charge is 0.326 e. The Morgan fingerprint density at radius 1 is 0.846 bits per heavy atom. The number of hydrogen-bond acceptors (Lipinski definition) is 7. The number of carboxylic acid groups (broad SMARTS) is 1. The molecule has 274 valence electrons. The number of hydrogen-bond donors (Lipinski definition) is 4. The SMILES string of the molecule is CSCC[C@H](NC(=O)[C@@H]1Cc2ccccc2CN1C(=O)[C@@H](NC[C@@H](N)CSC(c1ccccc1)(c1ccccc1)c1ccccc1)C(C)C)C(=O)O. The summed E-state index contributed by atoms with van der Waals surface area (Å²) in [6.07, 6.45) is 2.50. The minimum atomic E-state index is -1.08. The van der Waals surface area contributed by atoms with Crippen LogP contribution in [0.3, 0.4) is 0 Å². The van der Waals surface area contributed by atoms with Crippen molar-refractivity contribution in [2.24, 2.45) is 11.7 Å². The van der Waals surface area contributed by atoms with Gasteiger partial charge in [0, 0.05) is 31.3 Å². The Hall–Kier alpha value is -4.09. The lowest BCUT2D eigenvalue weighted by Crippen LogP contribution is -2.60. The van der Waals surface area contributed by atoms with Gasteiger partial charge >= 0.3 is 5.97 Å². The maximum atomic E-state index is 14.5. The molecule has 0 bridgehead atoms. The zero-order chi connectivity index (χ0) is 37.1. The third-order valence-electron chi connectivity index (χ3n) is 9.65. The number of nitrogens with zero attached hydrogens (tertiary/aromatic N) is 1. The van der Waals surface area contributed by atoms with Crippen LogP contribution in [0.25, 0.3) is 0 Å². The molecule has 5 N–H and O–H groups in total. The van der Waals surface area contributed by atoms with Crippen LogP contribution in [-0.2, 0) is 32.1 Å². The maximum absolute atomic E-state index is 14.5. The van der Waals surface area contributed by atoms with E-state index >= 15 is 0 Å². The first-order valence-corrected chi connectivity index (χ1v) is 20.2. The first-order valence-electron chi connectivity index (χ1n) is 17.8. The lowest BCUT2D eigenvalue weighted by Gasteiger charge is -2.39. The van der Waals surface area contributed by atoms with Crippen LogP contribution in [0, 0.1) is 5.92 Å². The van der Waals surface area contributed by atoms with Gasteiger partial charge in [0.2, 0.25) is 11.8 Å². The summed E-state index contributed by atoms with van der Waals surface area (Å²) in [5.41, 5.74) is 12.3. The number of carbonyl (C=O) groups excluding carboxylic acids is 2. The van der Waals surface area contributed by atoms with Crippen LogP contribution >= 0.6 is 23.5 Å². The Morgan fingerprint density at radius 3 is 1.87 bits per heavy atom. The normalized spacial score (nSPS) is 16.1. The van der Waals surface area contributed by atoms with Gasteiger partial charge in [-0.15, -0.1) is 11.8 Å². The Bertz CT molecular complexity index is 1660. The predicted molar refractivity (Wildman–Crippen MR) is 213 cm³/mol. The van der Waals surface area contributed by atoms with Crippen molar-refractivity contribution in [1.82, 2.24) is 15.5 Å². The van der Waals surface area contributed by atoms with Crippen LogP contribution < -0.4 is 16.4 Å². The maximum Gasteiger partial charge on any atom is 0.326 e. The Morgan fingerprint density at radius 2 is 1.37 bits per heavy atom. The molecule has 0 aliphatic carbocycles. The molecule has 8 nitrogen and oxygen atoms in total. The van der Waals surface area contributed by atoms with E-state index in [-0.39, 0.29) is 24.4 Å². The van der Waals surface area contributed by atoms with Crippen molar-refractivity contribution in [3.63, 3.8) is 0 Å². The number of carboxylic acids is 1. The van der Waals surface area contributed by atoms with Gasteiger partial charge in [0.25, 0.3) is 0 Å². The molecule has 4 atom stereocenters. The Kier molecular flexibility index (Phi) is 14.0. The summed E-state index contributed by atoms with van der Waals surface area (Å²) in [4.78, 5) is 41.9. The van der Waals surface area contributed by atoms with Gasteiger partial charge in [-0.3, -0.25) is 9.59 Å². The number of rotatable bonds is 17. The van der Waals surface area contributed by atoms with Crippen molar-refractivity contribution in [3.8, 4) is 0 Å². The van der Waals surface area contributed by atoms with Crippen LogP contribution in [0.15, 0.2) is 115 Å². The highest BCUT2D eigenvalue weighted by molar-refractivity contribution is 8.00. The molecule has 1 aliphatic heterocycles. The molecule has 52 heavy (non-hydrogen) atoms. The highest BCUT2D eigenvalue weighted by atomic mass is 32.2. The molecule has 0 radical (unpaired) electrons. The number of aliphatic carboxylic acids is 1. The van der Waals surface area contributed by atoms with Gasteiger partial charge in [0.05, 0.1) is 10.8 Å². The first-order chi connectivity index (χ1) is 25.1. The summed E-state index contributed by atoms with van der Waals surface area (Å²) in [5, 5.41) is 16.0. The number of thioether (sulfide) groups is 2. The Balaban J connectivity index is 1.35. The van der Waals surface area contributed by atoms with Crippen molar-refractivity contribution >= 4 is 41.3 Å². The van der Waals surface area contributed by atoms with Crippen LogP contribution in [0.4, 0.5) is 0 Å². The van der Waals surface area contributed by atoms with Gasteiger partial charge in [-0.05, 0) is 52.2 Å². The lowest BCUT2D eigenvalue weighted by molar-refractivity contribution is -0.146. The van der Waals surface area contributed by atoms with E-state index in [1.54, 1.807) is 16.7 Å². The Labute approximate surface area is 316 Å². The molecule has 4 aromatic rings. The fourth-order valence-corrected chi connectivity index (χ4v) is 8.84. The first kappa shape index (κ1) is 39.1. The molecule has 4 aromatic carbocycles. The number of nitrogens with two attached hydrogens (primary N) is 1. The number of carbonyl (C=O) groups is 3. The van der Waals surface area contributed by atoms with Crippen molar-refractivity contribution in [2.75, 3.05) is 24.3 Å². The fraction of sp³-hybridized carbons (Fsp3) is 0.357. The summed E-state index contributed by atoms with van der Waals surface area (Å²) in [5.74, 6) is -0.647. The average Bonchev–Trinajstić information content (AvgIpc) is 3.17. The number of amides is 2. The molecule has 0 fully saturated rings. The van der Waals surface area contributed by atoms with Crippen molar-refractivity contribution in [1.29, 1.82) is 0 Å². The average molecular weight is 739 g/mol. The highest BCUT2D eigenvalue weighted by Gasteiger charge is 2.40. The van der Waals surface area contributed by atoms with Gasteiger partial charge in [-0.2, -0.15) is 11.8 Å². The van der Waals surface area contributed by atoms with E-state index < -0.39 is 34.7 Å². The van der Waals surface area contributed by atoms with Crippen molar-refractivity contribution < 1.29 is 19.5 Å². The van der Waals surface area contributed by atoms with Crippen molar-refractivity contribution in [2.45, 2.75) is 62.1 Å². The van der Waals surface area contributed by atoms with E-state index in [1.165, 1.54) is 11.8 Å². The standard InChI is InChI=1S/C42H50N4O4S2/c1-29(2)38(40(48)46-27-31-16-14-13-15-30(31)25-37(46)39(47)45-36(41(49)50)23-24-51-3)44-26-35(43)28-52-42(32-17-7-4-8-18-32,33-19-9-5-10-20-33)34-21-11-6-12-22-34/h4-22,29,35-38,44H,23-28,43H2,1-3H3,(H,45,47)(H,49,50)/t35-,36+,37+,38+/m1/s1. The largest absolute Gasteiger partial charge is 0.480 e. The summed E-state index contributed by atoms with van der Waals surface area (Å²) < 4.78 is -0.514. The molecule has 10 heteroatoms. The van der Waals surface area contributed by atoms with Crippen LogP contribution in [0.5, 0.6) is 0 Å². The monoisotopic (exact) mass is 738 g/mol. The molecule has 0 aromatic heterocycles. The predicted octanol–water partition coefficient (Wildman–Crippen LogP) is 5.93. The van der Waals surface area contributed by atoms with E-state index in [2.05, 4.69) is 83.4 Å². The number of nitrogens with one attached hydrogen (secondary N) is 2. The van der Waals surface area contributed by atoms with Gasteiger partial charge in [0.15, 0.2) is 0 Å². The minimum Gasteiger partial charge on any atom is -0.480 e. The number of fused-ring (bicyclic) bond motifs is 1. The molecule has 5 rings (SSSR count). The third kappa shape index (κ3) is 9.28. The second-order valence-electron chi connectivity index (χ2n) is 13.6. The van der Waals surface area contributed by atoms with Gasteiger partial charge in [0.1, 0.15) is 12.1 Å². The topological polar surface area (TPSA) is 125 Å². The van der Waals surface area contributed by atoms with E-state index in [4.69, 9.17) is 5.73 Å². The van der Waals surface area contributed by atoms with Gasteiger partial charge in [-0.25, -0.2) is 4.79 Å². The fourth-order valence-electron chi connectivity index (χ4n) is 6.87. The van der Waals surface area contributed by atoms with Crippen molar-refractivity contribution in [3.05, 3.63) is 143 Å². The van der Waals surface area contributed by atoms with E-state index in [0.717, 1.165) is 27.8 Å². The van der Waals surface area contributed by atoms with Crippen LogP contribution in [0.2, 0.25) is 0 Å². The molecule has 0 spiro atoms. The van der Waals surface area contributed by atoms with E-state index in [9.17, 15) is 19.5 Å². The summed E-state index contributed by atoms with van der Waals surface area (Å²) in [6.45, 7) is 4.61.